The zero-order valence-corrected chi connectivity index (χ0v) is 77.8. The third-order valence-electron chi connectivity index (χ3n) is 22.0. The van der Waals surface area contributed by atoms with Crippen LogP contribution in [0.25, 0.3) is 0 Å². The molecule has 33 N–H and O–H groups in total. The Labute approximate surface area is 776 Å². The summed E-state index contributed by atoms with van der Waals surface area (Å²) in [6.45, 7) is 10.0. The number of rotatable bonds is 31. The van der Waals surface area contributed by atoms with E-state index in [9.17, 15) is 43.8 Å². The van der Waals surface area contributed by atoms with Gasteiger partial charge in [0.25, 0.3) is 0 Å². The molecule has 47 heteroatoms. The smallest absolute Gasteiger partial charge is 0.245 e. The monoisotopic (exact) mass is 1890 g/mol. The number of guanidine groups is 3. The molecule has 0 unspecified atom stereocenters. The van der Waals surface area contributed by atoms with E-state index in [0.29, 0.717) is 17.5 Å². The summed E-state index contributed by atoms with van der Waals surface area (Å²) in [5.74, 6) is -19.5. The first-order chi connectivity index (χ1) is 62.7. The summed E-state index contributed by atoms with van der Waals surface area (Å²) in [6, 6.07) is -8.32. The van der Waals surface area contributed by atoms with Crippen molar-refractivity contribution in [2.45, 2.75) is 261 Å². The molecule has 5 rings (SSSR count). The number of phenolic OH excluding ortho intramolecular Hbond substituents is 1. The van der Waals surface area contributed by atoms with E-state index >= 15 is 43.2 Å². The third kappa shape index (κ3) is 39.7. The van der Waals surface area contributed by atoms with Crippen LogP contribution in [0.5, 0.6) is 5.75 Å². The minimum absolute atomic E-state index is 0.00823. The highest BCUT2D eigenvalue weighted by molar-refractivity contribution is 8.76. The van der Waals surface area contributed by atoms with E-state index in [4.69, 9.17) is 44.9 Å². The summed E-state index contributed by atoms with van der Waals surface area (Å²) in [5.41, 5.74) is 29.8. The van der Waals surface area contributed by atoms with Gasteiger partial charge in [0.2, 0.25) is 94.5 Å². The first-order valence-corrected chi connectivity index (χ1v) is 47.4. The molecule has 0 aliphatic carbocycles. The number of nitrogens with two attached hydrogens (primary N) is 5. The van der Waals surface area contributed by atoms with Crippen molar-refractivity contribution in [1.82, 2.24) is 101 Å². The lowest BCUT2D eigenvalue weighted by Gasteiger charge is -2.32. The number of unbranched alkanes of at least 4 members (excludes halogenated alkanes) is 2. The maximum Gasteiger partial charge on any atom is 0.245 e. The minimum Gasteiger partial charge on any atom is -0.508 e. The van der Waals surface area contributed by atoms with Crippen molar-refractivity contribution in [3.8, 4) is 5.75 Å². The molecule has 0 aromatic heterocycles. The van der Waals surface area contributed by atoms with E-state index in [0.717, 1.165) is 28.5 Å². The minimum atomic E-state index is -2.01. The maximum absolute atomic E-state index is 15.7. The largest absolute Gasteiger partial charge is 0.508 e. The van der Waals surface area contributed by atoms with Crippen molar-refractivity contribution < 1.29 is 86.9 Å². The zero-order valence-electron chi connectivity index (χ0n) is 76.2. The number of nitrogens with zero attached hydrogens (tertiary/aromatic N) is 1. The molecule has 3 heterocycles. The van der Waals surface area contributed by atoms with Gasteiger partial charge in [0.05, 0.1) is 19.2 Å². The van der Waals surface area contributed by atoms with Crippen LogP contribution in [0.1, 0.15) is 169 Å². The molecular weight excluding hydrogens is 1750 g/mol. The number of nitrogens with one attached hydrogen (secondary N) is 21. The normalized spacial score (nSPS) is 24.9. The standard InChI is InChI=1S/C85H139N27O18S2/c1-8-48(6)67-80(128)104-57(26-18-36-96-85(92)93)82(130)112-37-19-27-64(112)79(127)103-54(23-13-15-33-87)70(118)105-58(38-46(2)3)74(122)100-53(22-12-14-32-86)71(119)109-63-45-132-131-44-62(77(125)102-56(73(121)110-67)25-17-35-95-84(90)91)108-72(120)55(24-16-34-94-83(88)89)101-75(123)59(39-47(4)5)106-76(124)61(40-50-20-10-9-11-21-50)99-66(116)43-97-65(115)42-98-69(117)60(41-51-28-30-52(114)31-29-51)107-81(129)68(49(7)113)111-78(63)126/h9-11,20-21,28-31,46-49,53-64,67-68,113-114H,8,12-19,22-27,32-45,86-87H2,1-7H3,(H,97,115)(H,98,117)(H,99,116)(H,100,122)(H,101,123)(H,102,125)(H,103,127)(H,104,128)(H,105,118)(H,106,124)(H,107,129)(H,108,120)(H,109,119)(H,110,121)(H,111,126)(H4,88,89,94)(H4,90,91,95)(H4,92,93,96)/t48-,49+,53-,54-,55-,56-,57-,58-,59-,60-,61-,62-,63-,64-,67-,68-/m0/s1. The highest BCUT2D eigenvalue weighted by Gasteiger charge is 2.43. The molecule has 0 spiro atoms. The van der Waals surface area contributed by atoms with Gasteiger partial charge in [-0.1, -0.05) is 112 Å². The fraction of sp³-hybridized carbons (Fsp3) is 0.635. The number of aliphatic hydroxyl groups is 1. The molecule has 16 atom stereocenters. The number of hydrogen-bond acceptors (Lipinski definition) is 25. The lowest BCUT2D eigenvalue weighted by atomic mass is 9.96. The summed E-state index contributed by atoms with van der Waals surface area (Å²) in [4.78, 5) is 241. The second kappa shape index (κ2) is 58.1. The molecule has 3 fully saturated rings. The van der Waals surface area contributed by atoms with Crippen molar-refractivity contribution in [1.29, 1.82) is 16.2 Å². The van der Waals surface area contributed by atoms with E-state index in [2.05, 4.69) is 95.7 Å². The zero-order chi connectivity index (χ0) is 97.7. The number of amides is 16. The lowest BCUT2D eigenvalue weighted by molar-refractivity contribution is -0.143. The van der Waals surface area contributed by atoms with Gasteiger partial charge in [-0.05, 0) is 164 Å². The summed E-state index contributed by atoms with van der Waals surface area (Å²) in [7, 11) is 1.55. The predicted octanol–water partition coefficient (Wildman–Crippen LogP) is -5.32. The molecule has 2 bridgehead atoms. The number of phenols is 1. The molecule has 2 aromatic carbocycles. The van der Waals surface area contributed by atoms with Gasteiger partial charge < -0.3 is 139 Å². The molecule has 45 nitrogen and oxygen atoms in total. The molecule has 3 aliphatic heterocycles. The van der Waals surface area contributed by atoms with Crippen molar-refractivity contribution in [3.05, 3.63) is 65.7 Å². The summed E-state index contributed by atoms with van der Waals surface area (Å²) >= 11 is 0. The van der Waals surface area contributed by atoms with E-state index < -0.39 is 234 Å². The van der Waals surface area contributed by atoms with E-state index in [-0.39, 0.29) is 172 Å². The quantitative estimate of drug-likeness (QED) is 0.0145. The lowest BCUT2D eigenvalue weighted by Crippen LogP contribution is -2.62. The maximum atomic E-state index is 15.7. The molecule has 132 heavy (non-hydrogen) atoms. The fourth-order valence-electron chi connectivity index (χ4n) is 14.6. The second-order valence-electron chi connectivity index (χ2n) is 33.9. The Morgan fingerprint density at radius 3 is 1.27 bits per heavy atom. The van der Waals surface area contributed by atoms with Gasteiger partial charge in [-0.25, -0.2) is 0 Å². The molecule has 16 amide bonds. The number of hydrogen-bond donors (Lipinski definition) is 28. The first kappa shape index (κ1) is 111. The second-order valence-corrected chi connectivity index (χ2v) is 36.5. The third-order valence-corrected chi connectivity index (χ3v) is 24.4. The Morgan fingerprint density at radius 1 is 0.424 bits per heavy atom. The SMILES string of the molecule is CC[C@H](C)[C@@H]1NC(=O)[C@H](CCCNC(=N)N)NC(=O)[C@@H]2CSSC[C@H](NC(=O)[C@H](CCCCN)NC(=O)[C@H](CC(C)C)NC(=O)[C@H](CCCCN)NC(=O)[C@@H]3CCCN3C(=O)[C@H](CCCNC(=N)N)NC1=O)C(=O)N[C@@H]([C@@H](C)O)C(=O)N[C@@H](Cc1ccc(O)cc1)C(=O)NCC(=O)NCC(=O)N[C@@H](Cc1ccccc1)C(=O)N[C@@H](CC(C)C)C(=O)N[C@@H](CCCNC(=N)N)C(=O)N2. The number of fused-ring (bicyclic) bond motifs is 6. The van der Waals surface area contributed by atoms with Crippen molar-refractivity contribution in [2.75, 3.05) is 63.9 Å². The van der Waals surface area contributed by atoms with Gasteiger partial charge >= 0.3 is 0 Å². The Kier molecular flexibility index (Phi) is 48.7. The summed E-state index contributed by atoms with van der Waals surface area (Å²) in [5, 5.41) is 93.2. The Balaban J connectivity index is 1.83. The van der Waals surface area contributed by atoms with Crippen molar-refractivity contribution >= 4 is 134 Å². The van der Waals surface area contributed by atoms with Crippen LogP contribution in [-0.2, 0) is 89.6 Å². The van der Waals surface area contributed by atoms with Gasteiger partial charge in [-0.15, -0.1) is 0 Å². The Hall–Kier alpha value is -11.9. The molecule has 3 aliphatic rings. The number of carbonyl (C=O) groups excluding carboxylic acids is 16. The van der Waals surface area contributed by atoms with E-state index in [1.807, 2.05) is 0 Å². The predicted molar refractivity (Wildman–Crippen MR) is 496 cm³/mol. The average Bonchev–Trinajstić information content (AvgIpc) is 1.66. The van der Waals surface area contributed by atoms with Gasteiger partial charge in [-0.3, -0.25) is 92.9 Å². The van der Waals surface area contributed by atoms with Gasteiger partial charge in [0, 0.05) is 50.5 Å². The average molecular weight is 1890 g/mol. The van der Waals surface area contributed by atoms with E-state index in [1.54, 1.807) is 71.9 Å². The van der Waals surface area contributed by atoms with Crippen LogP contribution in [0.4, 0.5) is 0 Å². The number of benzene rings is 2. The Morgan fingerprint density at radius 2 is 0.803 bits per heavy atom. The molecule has 2 aromatic rings. The van der Waals surface area contributed by atoms with Crippen LogP contribution in [-0.4, -0.2) is 282 Å². The Bertz CT molecular complexity index is 4220. The van der Waals surface area contributed by atoms with Crippen LogP contribution in [0.15, 0.2) is 54.6 Å². The summed E-state index contributed by atoms with van der Waals surface area (Å²) < 4.78 is 0. The molecular formula is C85H139N27O18S2. The van der Waals surface area contributed by atoms with Crippen LogP contribution in [0.3, 0.4) is 0 Å². The van der Waals surface area contributed by atoms with Crippen LogP contribution < -0.4 is 124 Å². The highest BCUT2D eigenvalue weighted by Crippen LogP contribution is 2.26. The van der Waals surface area contributed by atoms with Crippen molar-refractivity contribution in [3.63, 3.8) is 0 Å². The molecule has 0 saturated carbocycles. The summed E-state index contributed by atoms with van der Waals surface area (Å²) in [6.07, 6.45) is -1.65. The van der Waals surface area contributed by atoms with Gasteiger partial charge in [0.1, 0.15) is 90.3 Å². The van der Waals surface area contributed by atoms with E-state index in [1.165, 1.54) is 29.2 Å². The molecule has 3 saturated heterocycles. The van der Waals surface area contributed by atoms with Crippen LogP contribution >= 0.6 is 21.6 Å². The van der Waals surface area contributed by atoms with Gasteiger partial charge in [0.15, 0.2) is 17.9 Å². The fourth-order valence-corrected chi connectivity index (χ4v) is 17.0. The first-order valence-electron chi connectivity index (χ1n) is 44.9. The number of aliphatic hydroxyl groups excluding tert-OH is 1. The number of aromatic hydroxyl groups is 1. The number of carbonyl (C=O) groups is 16. The topological polar surface area (TPSA) is 735 Å². The van der Waals surface area contributed by atoms with Crippen molar-refractivity contribution in [2.24, 2.45) is 46.4 Å². The highest BCUT2D eigenvalue weighted by atomic mass is 33.1. The molecule has 0 radical (unpaired) electrons. The van der Waals surface area contributed by atoms with Crippen LogP contribution in [0.2, 0.25) is 0 Å². The molecule has 734 valence electrons. The van der Waals surface area contributed by atoms with Crippen LogP contribution in [0, 0.1) is 34.0 Å². The van der Waals surface area contributed by atoms with Gasteiger partial charge in [-0.2, -0.15) is 0 Å².